The van der Waals surface area contributed by atoms with Gasteiger partial charge in [-0.2, -0.15) is 0 Å². The zero-order chi connectivity index (χ0) is 22.8. The van der Waals surface area contributed by atoms with Gasteiger partial charge < -0.3 is 19.2 Å². The van der Waals surface area contributed by atoms with Crippen LogP contribution in [0.25, 0.3) is 21.8 Å². The number of amides is 1. The van der Waals surface area contributed by atoms with Crippen LogP contribution in [0.4, 0.5) is 0 Å². The van der Waals surface area contributed by atoms with Crippen molar-refractivity contribution in [2.24, 2.45) is 7.05 Å². The van der Waals surface area contributed by atoms with Crippen LogP contribution < -0.4 is 10.1 Å². The lowest BCUT2D eigenvalue weighted by Gasteiger charge is -2.07. The van der Waals surface area contributed by atoms with Crippen LogP contribution in [0.15, 0.2) is 85.1 Å². The molecule has 3 aromatic carbocycles. The van der Waals surface area contributed by atoms with E-state index in [4.69, 9.17) is 4.74 Å². The molecular formula is C28H27N3O2. The van der Waals surface area contributed by atoms with Gasteiger partial charge in [-0.25, -0.2) is 0 Å². The Balaban J connectivity index is 1.32. The van der Waals surface area contributed by atoms with Crippen molar-refractivity contribution in [2.75, 3.05) is 13.7 Å². The number of rotatable bonds is 7. The molecule has 5 aromatic rings. The molecular weight excluding hydrogens is 410 g/mol. The Labute approximate surface area is 193 Å². The predicted octanol–water partition coefficient (Wildman–Crippen LogP) is 5.16. The number of aromatic nitrogens is 2. The number of carbonyl (C=O) groups is 1. The molecule has 2 aromatic heterocycles. The van der Waals surface area contributed by atoms with Gasteiger partial charge in [-0.3, -0.25) is 4.79 Å². The van der Waals surface area contributed by atoms with Gasteiger partial charge in [0.25, 0.3) is 5.91 Å². The molecule has 5 nitrogen and oxygen atoms in total. The van der Waals surface area contributed by atoms with Crippen molar-refractivity contribution in [3.8, 4) is 5.75 Å². The van der Waals surface area contributed by atoms with E-state index in [1.165, 1.54) is 22.0 Å². The molecule has 2 heterocycles. The maximum atomic E-state index is 12.9. The van der Waals surface area contributed by atoms with E-state index in [0.717, 1.165) is 29.6 Å². The number of carbonyl (C=O) groups excluding carboxylic acids is 1. The molecule has 0 unspecified atom stereocenters. The van der Waals surface area contributed by atoms with E-state index in [1.54, 1.807) is 7.11 Å². The second-order valence-electron chi connectivity index (χ2n) is 8.30. The zero-order valence-corrected chi connectivity index (χ0v) is 18.9. The minimum atomic E-state index is -0.0688. The summed E-state index contributed by atoms with van der Waals surface area (Å²) >= 11 is 0. The number of nitrogens with zero attached hydrogens (tertiary/aromatic N) is 2. The monoisotopic (exact) mass is 437 g/mol. The fraction of sp³-hybridized carbons (Fsp3) is 0.179. The highest BCUT2D eigenvalue weighted by molar-refractivity contribution is 5.99. The Kier molecular flexibility index (Phi) is 5.61. The molecule has 0 bridgehead atoms. The predicted molar refractivity (Wildman–Crippen MR) is 133 cm³/mol. The molecule has 5 rings (SSSR count). The molecule has 1 N–H and O–H groups in total. The Morgan fingerprint density at radius 1 is 0.939 bits per heavy atom. The smallest absolute Gasteiger partial charge is 0.267 e. The highest BCUT2D eigenvalue weighted by atomic mass is 16.5. The number of aryl methyl sites for hydroxylation is 1. The third kappa shape index (κ3) is 4.10. The van der Waals surface area contributed by atoms with Crippen molar-refractivity contribution >= 4 is 27.7 Å². The number of hydrogen-bond donors (Lipinski definition) is 1. The van der Waals surface area contributed by atoms with Gasteiger partial charge in [0.05, 0.1) is 12.6 Å². The summed E-state index contributed by atoms with van der Waals surface area (Å²) in [5.74, 6) is 0.711. The first-order valence-electron chi connectivity index (χ1n) is 11.2. The van der Waals surface area contributed by atoms with Gasteiger partial charge in [0.1, 0.15) is 11.4 Å². The van der Waals surface area contributed by atoms with Gasteiger partial charge in [0, 0.05) is 48.7 Å². The van der Waals surface area contributed by atoms with Crippen LogP contribution in [0.3, 0.4) is 0 Å². The summed E-state index contributed by atoms with van der Waals surface area (Å²) in [5.41, 5.74) is 5.34. The molecule has 1 amide bonds. The van der Waals surface area contributed by atoms with Crippen LogP contribution in [0, 0.1) is 0 Å². The zero-order valence-electron chi connectivity index (χ0n) is 18.9. The number of para-hydroxylation sites is 1. The second kappa shape index (κ2) is 8.87. The highest BCUT2D eigenvalue weighted by Gasteiger charge is 2.14. The first kappa shape index (κ1) is 20.9. The van der Waals surface area contributed by atoms with Crippen molar-refractivity contribution in [1.29, 1.82) is 0 Å². The largest absolute Gasteiger partial charge is 0.497 e. The Morgan fingerprint density at radius 3 is 2.55 bits per heavy atom. The van der Waals surface area contributed by atoms with Gasteiger partial charge in [-0.15, -0.1) is 0 Å². The minimum absolute atomic E-state index is 0.0688. The number of methoxy groups -OCH3 is 1. The number of nitrogens with one attached hydrogen (secondary N) is 1. The average Bonchev–Trinajstić information content (AvgIpc) is 3.37. The van der Waals surface area contributed by atoms with E-state index in [2.05, 4.69) is 64.6 Å². The van der Waals surface area contributed by atoms with Crippen molar-refractivity contribution in [3.05, 3.63) is 102 Å². The van der Waals surface area contributed by atoms with E-state index in [-0.39, 0.29) is 5.91 Å². The molecule has 0 saturated heterocycles. The Morgan fingerprint density at radius 2 is 1.73 bits per heavy atom. The van der Waals surface area contributed by atoms with E-state index < -0.39 is 0 Å². The number of hydrogen-bond acceptors (Lipinski definition) is 2. The van der Waals surface area contributed by atoms with Gasteiger partial charge in [0.2, 0.25) is 0 Å². The SMILES string of the molecule is COc1ccc2cc(C(=O)NCCc3cn(Cc4ccccc4)c4ccccc34)n(C)c2c1. The Hall–Kier alpha value is -3.99. The Bertz CT molecular complexity index is 1430. The molecule has 0 radical (unpaired) electrons. The van der Waals surface area contributed by atoms with Gasteiger partial charge in [-0.1, -0.05) is 48.5 Å². The molecule has 166 valence electrons. The van der Waals surface area contributed by atoms with Crippen LogP contribution in [0.5, 0.6) is 5.75 Å². The topological polar surface area (TPSA) is 48.2 Å². The standard InChI is InChI=1S/C28H27N3O2/c1-30-26-17-23(33-2)13-12-21(26)16-27(30)28(32)29-15-14-22-19-31(18-20-8-4-3-5-9-20)25-11-7-6-10-24(22)25/h3-13,16-17,19H,14-15,18H2,1-2H3,(H,29,32). The van der Waals surface area contributed by atoms with E-state index in [0.29, 0.717) is 12.2 Å². The molecule has 5 heteroatoms. The lowest BCUT2D eigenvalue weighted by atomic mass is 10.1. The van der Waals surface area contributed by atoms with Crippen LogP contribution >= 0.6 is 0 Å². The van der Waals surface area contributed by atoms with Crippen molar-refractivity contribution in [1.82, 2.24) is 14.5 Å². The summed E-state index contributed by atoms with van der Waals surface area (Å²) in [7, 11) is 3.56. The lowest BCUT2D eigenvalue weighted by Crippen LogP contribution is -2.27. The van der Waals surface area contributed by atoms with Crippen LogP contribution in [0.2, 0.25) is 0 Å². The first-order chi connectivity index (χ1) is 16.1. The second-order valence-corrected chi connectivity index (χ2v) is 8.30. The van der Waals surface area contributed by atoms with Gasteiger partial charge >= 0.3 is 0 Å². The molecule has 0 saturated carbocycles. The molecule has 33 heavy (non-hydrogen) atoms. The summed E-state index contributed by atoms with van der Waals surface area (Å²) in [5, 5.41) is 5.36. The lowest BCUT2D eigenvalue weighted by molar-refractivity contribution is 0.0946. The molecule has 0 aliphatic rings. The summed E-state index contributed by atoms with van der Waals surface area (Å²) in [6, 6.07) is 26.7. The van der Waals surface area contributed by atoms with Gasteiger partial charge in [-0.05, 0) is 41.8 Å². The minimum Gasteiger partial charge on any atom is -0.497 e. The van der Waals surface area contributed by atoms with Crippen molar-refractivity contribution in [2.45, 2.75) is 13.0 Å². The van der Waals surface area contributed by atoms with E-state index >= 15 is 0 Å². The normalized spacial score (nSPS) is 11.2. The summed E-state index contributed by atoms with van der Waals surface area (Å²) in [6.07, 6.45) is 2.98. The summed E-state index contributed by atoms with van der Waals surface area (Å²) < 4.78 is 9.53. The van der Waals surface area contributed by atoms with Crippen LogP contribution in [-0.2, 0) is 20.0 Å². The maximum absolute atomic E-state index is 12.9. The third-order valence-electron chi connectivity index (χ3n) is 6.23. The average molecular weight is 438 g/mol. The first-order valence-corrected chi connectivity index (χ1v) is 11.2. The van der Waals surface area contributed by atoms with Crippen molar-refractivity contribution < 1.29 is 9.53 Å². The molecule has 0 aliphatic carbocycles. The number of ether oxygens (including phenoxy) is 1. The fourth-order valence-electron chi connectivity index (χ4n) is 4.49. The van der Waals surface area contributed by atoms with Crippen LogP contribution in [-0.4, -0.2) is 28.7 Å². The number of benzene rings is 3. The molecule has 0 atom stereocenters. The fourth-order valence-corrected chi connectivity index (χ4v) is 4.49. The number of fused-ring (bicyclic) bond motifs is 2. The molecule has 0 fully saturated rings. The third-order valence-corrected chi connectivity index (χ3v) is 6.23. The highest BCUT2D eigenvalue weighted by Crippen LogP contribution is 2.25. The van der Waals surface area contributed by atoms with Crippen molar-refractivity contribution in [3.63, 3.8) is 0 Å². The van der Waals surface area contributed by atoms with Crippen LogP contribution in [0.1, 0.15) is 21.6 Å². The molecule has 0 aliphatic heterocycles. The van der Waals surface area contributed by atoms with E-state index in [9.17, 15) is 4.79 Å². The van der Waals surface area contributed by atoms with Gasteiger partial charge in [0.15, 0.2) is 0 Å². The quantitative estimate of drug-likeness (QED) is 0.382. The molecule has 0 spiro atoms. The van der Waals surface area contributed by atoms with E-state index in [1.807, 2.05) is 41.9 Å². The summed E-state index contributed by atoms with van der Waals surface area (Å²) in [4.78, 5) is 12.9. The summed E-state index contributed by atoms with van der Waals surface area (Å²) in [6.45, 7) is 1.40. The maximum Gasteiger partial charge on any atom is 0.267 e.